The zero-order chi connectivity index (χ0) is 21.1. The van der Waals surface area contributed by atoms with Gasteiger partial charge in [-0.05, 0) is 60.2 Å². The highest BCUT2D eigenvalue weighted by atomic mass is 16.7. The Kier molecular flexibility index (Phi) is 4.25. The van der Waals surface area contributed by atoms with Crippen molar-refractivity contribution in [3.63, 3.8) is 0 Å². The molecule has 1 aromatic heterocycles. The van der Waals surface area contributed by atoms with Crippen LogP contribution in [0.25, 0.3) is 10.9 Å². The number of aromatic amines is 1. The van der Waals surface area contributed by atoms with Crippen molar-refractivity contribution in [2.45, 2.75) is 64.2 Å². The minimum Gasteiger partial charge on any atom is -0.454 e. The molecule has 1 N–H and O–H groups in total. The fourth-order valence-corrected chi connectivity index (χ4v) is 4.81. The lowest BCUT2D eigenvalue weighted by molar-refractivity contribution is -0.120. The van der Waals surface area contributed by atoms with Crippen molar-refractivity contribution in [3.05, 3.63) is 58.8 Å². The number of ketones is 1. The molecule has 0 saturated heterocycles. The lowest BCUT2D eigenvalue weighted by Crippen LogP contribution is -2.22. The first-order valence-corrected chi connectivity index (χ1v) is 10.9. The molecule has 4 heteroatoms. The number of ether oxygens (including phenoxy) is 2. The topological polar surface area (TPSA) is 51.3 Å². The summed E-state index contributed by atoms with van der Waals surface area (Å²) < 4.78 is 10.9. The van der Waals surface area contributed by atoms with Gasteiger partial charge in [-0.3, -0.25) is 4.79 Å². The molecule has 1 aliphatic heterocycles. The molecular formula is C26H29NO3. The number of H-pyrrole nitrogens is 1. The maximum absolute atomic E-state index is 13.4. The predicted molar refractivity (Wildman–Crippen MR) is 119 cm³/mol. The van der Waals surface area contributed by atoms with Crippen molar-refractivity contribution < 1.29 is 14.3 Å². The van der Waals surface area contributed by atoms with E-state index in [2.05, 4.69) is 50.9 Å². The van der Waals surface area contributed by atoms with Gasteiger partial charge in [0.25, 0.3) is 0 Å². The number of benzene rings is 2. The summed E-state index contributed by atoms with van der Waals surface area (Å²) >= 11 is 0. The second kappa shape index (κ2) is 6.63. The van der Waals surface area contributed by atoms with E-state index >= 15 is 0 Å². The van der Waals surface area contributed by atoms with Crippen LogP contribution < -0.4 is 9.47 Å². The third-order valence-electron chi connectivity index (χ3n) is 6.65. The zero-order valence-corrected chi connectivity index (χ0v) is 18.2. The second-order valence-corrected chi connectivity index (χ2v) is 9.71. The van der Waals surface area contributed by atoms with Gasteiger partial charge in [-0.15, -0.1) is 0 Å². The van der Waals surface area contributed by atoms with E-state index in [-0.39, 0.29) is 17.6 Å². The van der Waals surface area contributed by atoms with Crippen molar-refractivity contribution in [2.24, 2.45) is 0 Å². The van der Waals surface area contributed by atoms with Gasteiger partial charge in [-0.1, -0.05) is 39.8 Å². The number of aromatic nitrogens is 1. The molecular weight excluding hydrogens is 374 g/mol. The highest BCUT2D eigenvalue weighted by Gasteiger charge is 2.50. The number of Topliss-reactive ketones (excluding diaryl/α,β-unsaturated/α-hetero) is 1. The average Bonchev–Trinajstić information content (AvgIpc) is 3.24. The normalized spacial score (nSPS) is 16.8. The minimum absolute atomic E-state index is 0.0672. The van der Waals surface area contributed by atoms with Gasteiger partial charge in [-0.2, -0.15) is 0 Å². The van der Waals surface area contributed by atoms with Gasteiger partial charge in [0.1, 0.15) is 5.78 Å². The van der Waals surface area contributed by atoms with Crippen LogP contribution in [-0.2, 0) is 28.5 Å². The molecule has 0 spiro atoms. The van der Waals surface area contributed by atoms with E-state index in [1.165, 1.54) is 16.6 Å². The molecule has 0 bridgehead atoms. The summed E-state index contributed by atoms with van der Waals surface area (Å²) in [4.78, 5) is 17.0. The van der Waals surface area contributed by atoms with Crippen molar-refractivity contribution >= 4 is 16.7 Å². The molecule has 3 aromatic rings. The quantitative estimate of drug-likeness (QED) is 0.603. The molecule has 0 atom stereocenters. The highest BCUT2D eigenvalue weighted by Crippen LogP contribution is 2.51. The van der Waals surface area contributed by atoms with Crippen LogP contribution in [0.4, 0.5) is 0 Å². The Labute approximate surface area is 177 Å². The first kappa shape index (κ1) is 19.2. The number of carbonyl (C=O) groups is 1. The summed E-state index contributed by atoms with van der Waals surface area (Å²) in [5.74, 6) is 1.81. The zero-order valence-electron chi connectivity index (χ0n) is 18.2. The molecule has 0 unspecified atom stereocenters. The van der Waals surface area contributed by atoms with Crippen molar-refractivity contribution in [1.82, 2.24) is 4.98 Å². The molecule has 0 radical (unpaired) electrons. The number of hydrogen-bond acceptors (Lipinski definition) is 3. The van der Waals surface area contributed by atoms with Crippen molar-refractivity contribution in [3.8, 4) is 11.5 Å². The molecule has 2 heterocycles. The molecule has 30 heavy (non-hydrogen) atoms. The van der Waals surface area contributed by atoms with Crippen LogP contribution in [0.2, 0.25) is 0 Å². The Bertz CT molecular complexity index is 1150. The largest absolute Gasteiger partial charge is 0.454 e. The number of nitrogens with one attached hydrogen (secondary N) is 1. The first-order valence-electron chi connectivity index (χ1n) is 10.9. The Morgan fingerprint density at radius 1 is 1.07 bits per heavy atom. The Morgan fingerprint density at radius 3 is 2.53 bits per heavy atom. The number of rotatable bonds is 5. The molecule has 2 aliphatic rings. The Balaban J connectivity index is 1.45. The third-order valence-corrected chi connectivity index (χ3v) is 6.65. The van der Waals surface area contributed by atoms with Gasteiger partial charge in [0.15, 0.2) is 11.5 Å². The Hall–Kier alpha value is -2.75. The maximum atomic E-state index is 13.4. The van der Waals surface area contributed by atoms with Crippen LogP contribution in [0.1, 0.15) is 62.9 Å². The summed E-state index contributed by atoms with van der Waals surface area (Å²) in [6, 6.07) is 12.4. The van der Waals surface area contributed by atoms with Gasteiger partial charge in [-0.25, -0.2) is 0 Å². The van der Waals surface area contributed by atoms with Gasteiger partial charge in [0, 0.05) is 28.4 Å². The van der Waals surface area contributed by atoms with Crippen molar-refractivity contribution in [1.29, 1.82) is 0 Å². The summed E-state index contributed by atoms with van der Waals surface area (Å²) in [5.41, 5.74) is 5.67. The standard InChI is InChI=1S/C26H29NO3/c1-5-18-19-12-16(6-8-20(19)27-24(18)25(2,3)4)13-23(28)26(10-11-26)17-7-9-21-22(14-17)30-15-29-21/h6-9,12,14,27H,5,10-11,13,15H2,1-4H3. The highest BCUT2D eigenvalue weighted by molar-refractivity contribution is 5.95. The molecule has 1 fully saturated rings. The third kappa shape index (κ3) is 3.01. The van der Waals surface area contributed by atoms with E-state index < -0.39 is 0 Å². The molecule has 5 rings (SSSR count). The molecule has 4 nitrogen and oxygen atoms in total. The fraction of sp³-hybridized carbons (Fsp3) is 0.423. The monoisotopic (exact) mass is 403 g/mol. The van der Waals surface area contributed by atoms with E-state index in [1.54, 1.807) is 0 Å². The van der Waals surface area contributed by atoms with Gasteiger partial charge < -0.3 is 14.5 Å². The van der Waals surface area contributed by atoms with E-state index in [1.807, 2.05) is 18.2 Å². The lowest BCUT2D eigenvalue weighted by atomic mass is 9.86. The summed E-state index contributed by atoms with van der Waals surface area (Å²) in [6.45, 7) is 9.18. The molecule has 0 amide bonds. The minimum atomic E-state index is -0.363. The number of hydrogen-bond donors (Lipinski definition) is 1. The van der Waals surface area contributed by atoms with Crippen LogP contribution in [0, 0.1) is 0 Å². The van der Waals surface area contributed by atoms with Crippen LogP contribution in [-0.4, -0.2) is 17.6 Å². The van der Waals surface area contributed by atoms with E-state index in [9.17, 15) is 4.79 Å². The predicted octanol–water partition coefficient (Wildman–Crippen LogP) is 5.60. The first-order chi connectivity index (χ1) is 14.3. The van der Waals surface area contributed by atoms with Crippen LogP contribution in [0.5, 0.6) is 11.5 Å². The summed E-state index contributed by atoms with van der Waals surface area (Å²) in [6.07, 6.45) is 3.26. The molecule has 156 valence electrons. The average molecular weight is 404 g/mol. The lowest BCUT2D eigenvalue weighted by Gasteiger charge is -2.19. The molecule has 2 aromatic carbocycles. The van der Waals surface area contributed by atoms with Crippen LogP contribution >= 0.6 is 0 Å². The number of fused-ring (bicyclic) bond motifs is 2. The van der Waals surface area contributed by atoms with Crippen molar-refractivity contribution in [2.75, 3.05) is 6.79 Å². The van der Waals surface area contributed by atoms with Crippen LogP contribution in [0.3, 0.4) is 0 Å². The smallest absolute Gasteiger partial charge is 0.231 e. The summed E-state index contributed by atoms with van der Waals surface area (Å²) in [5, 5.41) is 1.25. The number of carbonyl (C=O) groups excluding carboxylic acids is 1. The van der Waals surface area contributed by atoms with Gasteiger partial charge in [0.05, 0.1) is 5.41 Å². The second-order valence-electron chi connectivity index (χ2n) is 9.71. The SMILES string of the molecule is CCc1c(C(C)(C)C)[nH]c2ccc(CC(=O)C3(c4ccc5c(c4)OCO5)CC3)cc12. The van der Waals surface area contributed by atoms with E-state index in [4.69, 9.17) is 9.47 Å². The van der Waals surface area contributed by atoms with Crippen LogP contribution in [0.15, 0.2) is 36.4 Å². The maximum Gasteiger partial charge on any atom is 0.231 e. The fourth-order valence-electron chi connectivity index (χ4n) is 4.81. The Morgan fingerprint density at radius 2 is 1.83 bits per heavy atom. The van der Waals surface area contributed by atoms with Gasteiger partial charge in [0.2, 0.25) is 6.79 Å². The molecule has 1 aliphatic carbocycles. The van der Waals surface area contributed by atoms with E-state index in [0.29, 0.717) is 12.2 Å². The van der Waals surface area contributed by atoms with Gasteiger partial charge >= 0.3 is 0 Å². The number of aryl methyl sites for hydroxylation is 1. The summed E-state index contributed by atoms with van der Waals surface area (Å²) in [7, 11) is 0. The molecule has 1 saturated carbocycles. The van der Waals surface area contributed by atoms with E-state index in [0.717, 1.165) is 47.4 Å².